The fraction of sp³-hybridized carbons (Fsp3) is 0.235. The second kappa shape index (κ2) is 5.97. The van der Waals surface area contributed by atoms with E-state index in [2.05, 4.69) is 6.07 Å². The summed E-state index contributed by atoms with van der Waals surface area (Å²) in [4.78, 5) is 13.1. The standard InChI is InChI=1S/C17H17NO3/c19-17(20)10-18(14-7-2-1-3-8-14)16-12-21-11-13-6-4-5-9-15(13)16/h1-9,16H,10-12H2,(H,19,20). The first kappa shape index (κ1) is 13.6. The number of hydrogen-bond donors (Lipinski definition) is 1. The van der Waals surface area contributed by atoms with Gasteiger partial charge in [-0.1, -0.05) is 42.5 Å². The van der Waals surface area contributed by atoms with E-state index in [-0.39, 0.29) is 12.6 Å². The summed E-state index contributed by atoms with van der Waals surface area (Å²) in [6.07, 6.45) is 0. The van der Waals surface area contributed by atoms with E-state index in [1.807, 2.05) is 53.4 Å². The zero-order chi connectivity index (χ0) is 14.7. The molecule has 1 heterocycles. The lowest BCUT2D eigenvalue weighted by atomic mass is 9.97. The van der Waals surface area contributed by atoms with Crippen LogP contribution in [0, 0.1) is 0 Å². The molecule has 0 fully saturated rings. The van der Waals surface area contributed by atoms with Crippen molar-refractivity contribution in [2.24, 2.45) is 0 Å². The lowest BCUT2D eigenvalue weighted by Gasteiger charge is -2.36. The van der Waals surface area contributed by atoms with Gasteiger partial charge in [0.15, 0.2) is 0 Å². The molecular formula is C17H17NO3. The molecule has 0 radical (unpaired) electrons. The van der Waals surface area contributed by atoms with E-state index in [4.69, 9.17) is 4.74 Å². The van der Waals surface area contributed by atoms with E-state index in [1.165, 1.54) is 0 Å². The molecule has 1 unspecified atom stereocenters. The van der Waals surface area contributed by atoms with Crippen LogP contribution in [-0.2, 0) is 16.1 Å². The molecule has 1 aliphatic heterocycles. The first-order valence-corrected chi connectivity index (χ1v) is 6.95. The lowest BCUT2D eigenvalue weighted by Crippen LogP contribution is -2.38. The quantitative estimate of drug-likeness (QED) is 0.937. The summed E-state index contributed by atoms with van der Waals surface area (Å²) in [7, 11) is 0. The topological polar surface area (TPSA) is 49.8 Å². The number of benzene rings is 2. The summed E-state index contributed by atoms with van der Waals surface area (Å²) >= 11 is 0. The Morgan fingerprint density at radius 1 is 1.14 bits per heavy atom. The van der Waals surface area contributed by atoms with Crippen LogP contribution in [0.4, 0.5) is 5.69 Å². The first-order chi connectivity index (χ1) is 10.3. The Kier molecular flexibility index (Phi) is 3.88. The Labute approximate surface area is 123 Å². The maximum absolute atomic E-state index is 11.3. The van der Waals surface area contributed by atoms with Gasteiger partial charge in [-0.15, -0.1) is 0 Å². The number of rotatable bonds is 4. The number of hydrogen-bond acceptors (Lipinski definition) is 3. The number of fused-ring (bicyclic) bond motifs is 1. The zero-order valence-electron chi connectivity index (χ0n) is 11.6. The SMILES string of the molecule is O=C(O)CN(c1ccccc1)C1COCc2ccccc21. The molecule has 4 heteroatoms. The zero-order valence-corrected chi connectivity index (χ0v) is 11.6. The van der Waals surface area contributed by atoms with Crippen molar-refractivity contribution in [1.29, 1.82) is 0 Å². The molecule has 0 aliphatic carbocycles. The highest BCUT2D eigenvalue weighted by atomic mass is 16.5. The average Bonchev–Trinajstić information content (AvgIpc) is 2.53. The van der Waals surface area contributed by atoms with E-state index < -0.39 is 5.97 Å². The van der Waals surface area contributed by atoms with Crippen LogP contribution in [0.25, 0.3) is 0 Å². The molecule has 1 atom stereocenters. The van der Waals surface area contributed by atoms with Crippen molar-refractivity contribution in [3.8, 4) is 0 Å². The van der Waals surface area contributed by atoms with E-state index in [9.17, 15) is 9.90 Å². The number of ether oxygens (including phenoxy) is 1. The molecule has 0 spiro atoms. The van der Waals surface area contributed by atoms with E-state index in [1.54, 1.807) is 0 Å². The van der Waals surface area contributed by atoms with Crippen LogP contribution in [0.3, 0.4) is 0 Å². The molecule has 4 nitrogen and oxygen atoms in total. The molecule has 0 amide bonds. The van der Waals surface area contributed by atoms with Gasteiger partial charge in [0.2, 0.25) is 0 Å². The number of carboxylic acid groups (broad SMARTS) is 1. The monoisotopic (exact) mass is 283 g/mol. The van der Waals surface area contributed by atoms with Gasteiger partial charge in [0.1, 0.15) is 6.54 Å². The minimum absolute atomic E-state index is 0.0492. The molecular weight excluding hydrogens is 266 g/mol. The predicted octanol–water partition coefficient (Wildman–Crippen LogP) is 2.85. The van der Waals surface area contributed by atoms with Gasteiger partial charge in [-0.05, 0) is 23.3 Å². The van der Waals surface area contributed by atoms with Gasteiger partial charge >= 0.3 is 5.97 Å². The smallest absolute Gasteiger partial charge is 0.323 e. The van der Waals surface area contributed by atoms with Crippen LogP contribution in [0.1, 0.15) is 17.2 Å². The average molecular weight is 283 g/mol. The van der Waals surface area contributed by atoms with Crippen LogP contribution in [0.2, 0.25) is 0 Å². The van der Waals surface area contributed by atoms with Crippen molar-refractivity contribution in [3.05, 3.63) is 65.7 Å². The Balaban J connectivity index is 2.00. The molecule has 1 aliphatic rings. The number of aliphatic carboxylic acids is 1. The van der Waals surface area contributed by atoms with Crippen LogP contribution in [-0.4, -0.2) is 24.2 Å². The number of para-hydroxylation sites is 1. The molecule has 2 aromatic rings. The van der Waals surface area contributed by atoms with E-state index >= 15 is 0 Å². The normalized spacial score (nSPS) is 17.0. The second-order valence-corrected chi connectivity index (χ2v) is 5.09. The van der Waals surface area contributed by atoms with Crippen molar-refractivity contribution in [3.63, 3.8) is 0 Å². The predicted molar refractivity (Wildman–Crippen MR) is 80.3 cm³/mol. The van der Waals surface area contributed by atoms with Gasteiger partial charge in [-0.3, -0.25) is 4.79 Å². The van der Waals surface area contributed by atoms with Gasteiger partial charge in [0.25, 0.3) is 0 Å². The van der Waals surface area contributed by atoms with Crippen molar-refractivity contribution in [1.82, 2.24) is 0 Å². The largest absolute Gasteiger partial charge is 0.480 e. The van der Waals surface area contributed by atoms with Crippen LogP contribution < -0.4 is 4.90 Å². The van der Waals surface area contributed by atoms with Crippen LogP contribution in [0.15, 0.2) is 54.6 Å². The number of anilines is 1. The minimum Gasteiger partial charge on any atom is -0.480 e. The van der Waals surface area contributed by atoms with Gasteiger partial charge in [0.05, 0.1) is 19.3 Å². The fourth-order valence-electron chi connectivity index (χ4n) is 2.77. The molecule has 3 rings (SSSR count). The van der Waals surface area contributed by atoms with Crippen molar-refractivity contribution in [2.75, 3.05) is 18.1 Å². The molecule has 2 aromatic carbocycles. The van der Waals surface area contributed by atoms with Crippen LogP contribution in [0.5, 0.6) is 0 Å². The highest BCUT2D eigenvalue weighted by molar-refractivity contribution is 5.74. The Hall–Kier alpha value is -2.33. The lowest BCUT2D eigenvalue weighted by molar-refractivity contribution is -0.135. The molecule has 0 bridgehead atoms. The fourth-order valence-corrected chi connectivity index (χ4v) is 2.77. The number of nitrogens with zero attached hydrogens (tertiary/aromatic N) is 1. The Morgan fingerprint density at radius 2 is 1.86 bits per heavy atom. The van der Waals surface area contributed by atoms with Gasteiger partial charge in [-0.25, -0.2) is 0 Å². The summed E-state index contributed by atoms with van der Waals surface area (Å²) in [5.74, 6) is -0.845. The second-order valence-electron chi connectivity index (χ2n) is 5.09. The summed E-state index contributed by atoms with van der Waals surface area (Å²) in [5, 5.41) is 9.24. The minimum atomic E-state index is -0.845. The van der Waals surface area contributed by atoms with Gasteiger partial charge in [0, 0.05) is 5.69 Å². The molecule has 21 heavy (non-hydrogen) atoms. The highest BCUT2D eigenvalue weighted by Gasteiger charge is 2.27. The maximum atomic E-state index is 11.3. The maximum Gasteiger partial charge on any atom is 0.323 e. The molecule has 108 valence electrons. The van der Waals surface area contributed by atoms with E-state index in [0.29, 0.717) is 13.2 Å². The number of carbonyl (C=O) groups is 1. The number of carboxylic acids is 1. The Bertz CT molecular complexity index is 627. The molecule has 1 N–H and O–H groups in total. The third-order valence-corrected chi connectivity index (χ3v) is 3.72. The molecule has 0 saturated heterocycles. The van der Waals surface area contributed by atoms with Crippen molar-refractivity contribution in [2.45, 2.75) is 12.6 Å². The van der Waals surface area contributed by atoms with Crippen LogP contribution >= 0.6 is 0 Å². The third-order valence-electron chi connectivity index (χ3n) is 3.72. The molecule has 0 saturated carbocycles. The first-order valence-electron chi connectivity index (χ1n) is 6.95. The summed E-state index contributed by atoms with van der Waals surface area (Å²) in [5.41, 5.74) is 3.17. The Morgan fingerprint density at radius 3 is 2.62 bits per heavy atom. The third kappa shape index (κ3) is 2.90. The summed E-state index contributed by atoms with van der Waals surface area (Å²) in [6, 6.07) is 17.6. The summed E-state index contributed by atoms with van der Waals surface area (Å²) in [6.45, 7) is 1.04. The summed E-state index contributed by atoms with van der Waals surface area (Å²) < 4.78 is 5.66. The van der Waals surface area contributed by atoms with E-state index in [0.717, 1.165) is 16.8 Å². The highest BCUT2D eigenvalue weighted by Crippen LogP contribution is 2.32. The van der Waals surface area contributed by atoms with Crippen molar-refractivity contribution < 1.29 is 14.6 Å². The molecule has 0 aromatic heterocycles. The van der Waals surface area contributed by atoms with Gasteiger partial charge < -0.3 is 14.7 Å². The van der Waals surface area contributed by atoms with Crippen molar-refractivity contribution >= 4 is 11.7 Å². The van der Waals surface area contributed by atoms with Gasteiger partial charge in [-0.2, -0.15) is 0 Å².